The summed E-state index contributed by atoms with van der Waals surface area (Å²) in [6.45, 7) is 0. The first-order valence-corrected chi connectivity index (χ1v) is 5.10. The van der Waals surface area contributed by atoms with Gasteiger partial charge >= 0.3 is 0 Å². The van der Waals surface area contributed by atoms with Gasteiger partial charge in [0.25, 0.3) is 0 Å². The maximum Gasteiger partial charge on any atom is 0.0457 e. The van der Waals surface area contributed by atoms with Crippen LogP contribution in [0.2, 0.25) is 0 Å². The van der Waals surface area contributed by atoms with Crippen molar-refractivity contribution >= 4 is 39.5 Å². The van der Waals surface area contributed by atoms with Crippen molar-refractivity contribution in [2.45, 2.75) is 5.75 Å². The quantitative estimate of drug-likeness (QED) is 0.713. The lowest BCUT2D eigenvalue weighted by Crippen LogP contribution is -1.72. The minimum Gasteiger partial charge on any atom is -0.361 e. The number of benzene rings is 1. The van der Waals surface area contributed by atoms with Crippen LogP contribution >= 0.6 is 28.6 Å². The molecule has 0 aliphatic carbocycles. The third-order valence-corrected chi connectivity index (χ3v) is 2.73. The molecule has 0 aliphatic rings. The van der Waals surface area contributed by atoms with Crippen molar-refractivity contribution in [3.63, 3.8) is 0 Å². The molecule has 1 aromatic heterocycles. The Labute approximate surface area is 84.7 Å². The molecule has 2 aromatic rings. The van der Waals surface area contributed by atoms with Gasteiger partial charge in [0.05, 0.1) is 0 Å². The number of rotatable bonds is 1. The minimum absolute atomic E-state index is 0.774. The van der Waals surface area contributed by atoms with Gasteiger partial charge in [-0.15, -0.1) is 0 Å². The lowest BCUT2D eigenvalue weighted by molar-refractivity contribution is 1.41. The van der Waals surface area contributed by atoms with E-state index in [0.717, 1.165) is 10.2 Å². The van der Waals surface area contributed by atoms with E-state index in [-0.39, 0.29) is 0 Å². The molecular weight excluding hydrogens is 234 g/mol. The third kappa shape index (κ3) is 1.27. The van der Waals surface area contributed by atoms with Gasteiger partial charge < -0.3 is 4.98 Å². The van der Waals surface area contributed by atoms with E-state index in [4.69, 9.17) is 0 Å². The third-order valence-electron chi connectivity index (χ3n) is 1.90. The van der Waals surface area contributed by atoms with E-state index in [2.05, 4.69) is 45.7 Å². The van der Waals surface area contributed by atoms with Gasteiger partial charge in [-0.1, -0.05) is 15.9 Å². The van der Waals surface area contributed by atoms with Gasteiger partial charge in [0, 0.05) is 27.3 Å². The maximum absolute atomic E-state index is 4.25. The largest absolute Gasteiger partial charge is 0.361 e. The molecule has 12 heavy (non-hydrogen) atoms. The summed E-state index contributed by atoms with van der Waals surface area (Å²) in [5.41, 5.74) is 2.41. The lowest BCUT2D eigenvalue weighted by Gasteiger charge is -1.93. The van der Waals surface area contributed by atoms with Gasteiger partial charge in [-0.2, -0.15) is 12.6 Å². The maximum atomic E-state index is 4.25. The second kappa shape index (κ2) is 3.15. The molecule has 1 nitrogen and oxygen atoms in total. The Bertz CT molecular complexity index is 408. The fraction of sp³-hybridized carbons (Fsp3) is 0.111. The number of hydrogen-bond acceptors (Lipinski definition) is 1. The molecule has 0 saturated carbocycles. The summed E-state index contributed by atoms with van der Waals surface area (Å²) in [5, 5.41) is 1.25. The van der Waals surface area contributed by atoms with E-state index >= 15 is 0 Å². The van der Waals surface area contributed by atoms with Gasteiger partial charge in [0.15, 0.2) is 0 Å². The summed E-state index contributed by atoms with van der Waals surface area (Å²) in [5.74, 6) is 0.774. The molecule has 1 aromatic carbocycles. The number of aromatic nitrogens is 1. The first kappa shape index (κ1) is 8.20. The molecule has 0 aliphatic heterocycles. The number of H-pyrrole nitrogens is 1. The SMILES string of the molecule is SCc1c[nH]c2ccc(Br)cc12. The highest BCUT2D eigenvalue weighted by Gasteiger charge is 2.01. The Morgan fingerprint density at radius 1 is 1.42 bits per heavy atom. The van der Waals surface area contributed by atoms with Crippen LogP contribution in [0, 0.1) is 0 Å². The molecule has 0 bridgehead atoms. The van der Waals surface area contributed by atoms with Crippen molar-refractivity contribution in [1.82, 2.24) is 4.98 Å². The highest BCUT2D eigenvalue weighted by Crippen LogP contribution is 2.23. The Kier molecular flexibility index (Phi) is 2.15. The summed E-state index contributed by atoms with van der Waals surface area (Å²) in [6, 6.07) is 6.20. The monoisotopic (exact) mass is 241 g/mol. The average Bonchev–Trinajstić information content (AvgIpc) is 2.46. The fourth-order valence-electron chi connectivity index (χ4n) is 1.28. The zero-order chi connectivity index (χ0) is 8.55. The van der Waals surface area contributed by atoms with Crippen LogP contribution in [0.15, 0.2) is 28.9 Å². The second-order valence-electron chi connectivity index (χ2n) is 2.66. The van der Waals surface area contributed by atoms with Crippen molar-refractivity contribution in [2.75, 3.05) is 0 Å². The van der Waals surface area contributed by atoms with Crippen molar-refractivity contribution in [1.29, 1.82) is 0 Å². The number of nitrogens with one attached hydrogen (secondary N) is 1. The normalized spacial score (nSPS) is 10.8. The topological polar surface area (TPSA) is 15.8 Å². The fourth-order valence-corrected chi connectivity index (χ4v) is 1.90. The zero-order valence-corrected chi connectivity index (χ0v) is 8.82. The Hall–Kier alpha value is -0.410. The molecule has 0 saturated heterocycles. The average molecular weight is 242 g/mol. The molecule has 0 radical (unpaired) electrons. The van der Waals surface area contributed by atoms with Gasteiger partial charge in [-0.25, -0.2) is 0 Å². The summed E-state index contributed by atoms with van der Waals surface area (Å²) in [7, 11) is 0. The van der Waals surface area contributed by atoms with Gasteiger partial charge in [0.1, 0.15) is 0 Å². The molecular formula is C9H8BrNS. The van der Waals surface area contributed by atoms with Crippen LogP contribution in [0.25, 0.3) is 10.9 Å². The molecule has 0 spiro atoms. The molecule has 1 heterocycles. The Morgan fingerprint density at radius 3 is 3.00 bits per heavy atom. The van der Waals surface area contributed by atoms with Gasteiger partial charge in [0.2, 0.25) is 0 Å². The Balaban J connectivity index is 2.75. The van der Waals surface area contributed by atoms with E-state index < -0.39 is 0 Å². The summed E-state index contributed by atoms with van der Waals surface area (Å²) in [4.78, 5) is 3.20. The molecule has 0 unspecified atom stereocenters. The van der Waals surface area contributed by atoms with E-state index in [1.165, 1.54) is 16.5 Å². The van der Waals surface area contributed by atoms with E-state index in [0.29, 0.717) is 0 Å². The summed E-state index contributed by atoms with van der Waals surface area (Å²) in [6.07, 6.45) is 2.00. The summed E-state index contributed by atoms with van der Waals surface area (Å²) >= 11 is 7.69. The van der Waals surface area contributed by atoms with E-state index in [9.17, 15) is 0 Å². The van der Waals surface area contributed by atoms with Gasteiger partial charge in [-0.05, 0) is 23.8 Å². The van der Waals surface area contributed by atoms with Crippen LogP contribution < -0.4 is 0 Å². The van der Waals surface area contributed by atoms with Crippen molar-refractivity contribution in [3.05, 3.63) is 34.4 Å². The predicted octanol–water partition coefficient (Wildman–Crippen LogP) is 3.36. The van der Waals surface area contributed by atoms with E-state index in [1.807, 2.05) is 12.3 Å². The van der Waals surface area contributed by atoms with Crippen molar-refractivity contribution < 1.29 is 0 Å². The number of hydrogen-bond donors (Lipinski definition) is 2. The standard InChI is InChI=1S/C9H8BrNS/c10-7-1-2-9-8(3-7)6(5-12)4-11-9/h1-4,11-12H,5H2. The summed E-state index contributed by atoms with van der Waals surface area (Å²) < 4.78 is 1.11. The minimum atomic E-state index is 0.774. The first-order chi connectivity index (χ1) is 5.81. The molecule has 1 N–H and O–H groups in total. The second-order valence-corrected chi connectivity index (χ2v) is 3.89. The van der Waals surface area contributed by atoms with Gasteiger partial charge in [-0.3, -0.25) is 0 Å². The van der Waals surface area contributed by atoms with Crippen molar-refractivity contribution in [3.8, 4) is 0 Å². The molecule has 0 fully saturated rings. The molecule has 2 rings (SSSR count). The van der Waals surface area contributed by atoms with Crippen LogP contribution in [-0.4, -0.2) is 4.98 Å². The highest BCUT2D eigenvalue weighted by atomic mass is 79.9. The van der Waals surface area contributed by atoms with Crippen LogP contribution in [-0.2, 0) is 5.75 Å². The first-order valence-electron chi connectivity index (χ1n) is 3.67. The van der Waals surface area contributed by atoms with Crippen LogP contribution in [0.5, 0.6) is 0 Å². The highest BCUT2D eigenvalue weighted by molar-refractivity contribution is 9.10. The number of halogens is 1. The molecule has 0 atom stereocenters. The van der Waals surface area contributed by atoms with Crippen molar-refractivity contribution in [2.24, 2.45) is 0 Å². The predicted molar refractivity (Wildman–Crippen MR) is 58.7 cm³/mol. The smallest absolute Gasteiger partial charge is 0.0457 e. The molecule has 3 heteroatoms. The number of thiol groups is 1. The van der Waals surface area contributed by atoms with E-state index in [1.54, 1.807) is 0 Å². The molecule has 62 valence electrons. The zero-order valence-electron chi connectivity index (χ0n) is 6.34. The Morgan fingerprint density at radius 2 is 2.25 bits per heavy atom. The lowest BCUT2D eigenvalue weighted by atomic mass is 10.2. The number of aromatic amines is 1. The number of fused-ring (bicyclic) bond motifs is 1. The van der Waals surface area contributed by atoms with Crippen LogP contribution in [0.4, 0.5) is 0 Å². The van der Waals surface area contributed by atoms with Crippen LogP contribution in [0.3, 0.4) is 0 Å². The molecule has 0 amide bonds. The van der Waals surface area contributed by atoms with Crippen LogP contribution in [0.1, 0.15) is 5.56 Å².